The molecule has 2 aromatic rings. The summed E-state index contributed by atoms with van der Waals surface area (Å²) >= 11 is 11.4. The van der Waals surface area contributed by atoms with Crippen LogP contribution in [0.1, 0.15) is 10.4 Å². The summed E-state index contributed by atoms with van der Waals surface area (Å²) in [6, 6.07) is 10.2. The SMILES string of the molecule is CN(Cc1cc(Br)cs1)Cc1ccccc1Cl. The van der Waals surface area contributed by atoms with Gasteiger partial charge in [-0.2, -0.15) is 0 Å². The summed E-state index contributed by atoms with van der Waals surface area (Å²) in [6.07, 6.45) is 0. The van der Waals surface area contributed by atoms with Gasteiger partial charge >= 0.3 is 0 Å². The summed E-state index contributed by atoms with van der Waals surface area (Å²) in [7, 11) is 2.11. The fraction of sp³-hybridized carbons (Fsp3) is 0.231. The Labute approximate surface area is 119 Å². The summed E-state index contributed by atoms with van der Waals surface area (Å²) in [6.45, 7) is 1.82. The first-order valence-electron chi connectivity index (χ1n) is 5.30. The zero-order chi connectivity index (χ0) is 12.3. The molecule has 0 aliphatic carbocycles. The number of thiophene rings is 1. The molecule has 1 nitrogen and oxygen atoms in total. The minimum Gasteiger partial charge on any atom is -0.297 e. The Balaban J connectivity index is 1.98. The molecule has 0 amide bonds. The molecule has 1 aromatic heterocycles. The van der Waals surface area contributed by atoms with E-state index in [1.807, 2.05) is 18.2 Å². The molecule has 0 spiro atoms. The molecule has 1 heterocycles. The lowest BCUT2D eigenvalue weighted by Crippen LogP contribution is -2.16. The average molecular weight is 331 g/mol. The highest BCUT2D eigenvalue weighted by molar-refractivity contribution is 9.10. The zero-order valence-electron chi connectivity index (χ0n) is 9.49. The molecule has 4 heteroatoms. The summed E-state index contributed by atoms with van der Waals surface area (Å²) in [5, 5.41) is 2.95. The third kappa shape index (κ3) is 3.81. The van der Waals surface area contributed by atoms with Crippen molar-refractivity contribution >= 4 is 38.9 Å². The lowest BCUT2D eigenvalue weighted by atomic mass is 10.2. The molecule has 0 aliphatic rings. The average Bonchev–Trinajstić information content (AvgIpc) is 2.67. The minimum absolute atomic E-state index is 0.840. The maximum Gasteiger partial charge on any atom is 0.0451 e. The van der Waals surface area contributed by atoms with Crippen LogP contribution in [0.4, 0.5) is 0 Å². The fourth-order valence-electron chi connectivity index (χ4n) is 1.68. The van der Waals surface area contributed by atoms with Crippen molar-refractivity contribution in [1.82, 2.24) is 4.90 Å². The Bertz CT molecular complexity index is 498. The van der Waals surface area contributed by atoms with Crippen molar-refractivity contribution in [2.75, 3.05) is 7.05 Å². The van der Waals surface area contributed by atoms with Crippen LogP contribution in [-0.4, -0.2) is 11.9 Å². The Morgan fingerprint density at radius 2 is 2.06 bits per heavy atom. The second kappa shape index (κ2) is 6.01. The van der Waals surface area contributed by atoms with Crippen molar-refractivity contribution < 1.29 is 0 Å². The lowest BCUT2D eigenvalue weighted by Gasteiger charge is -2.16. The van der Waals surface area contributed by atoms with E-state index in [1.165, 1.54) is 10.4 Å². The molecule has 1 aromatic carbocycles. The van der Waals surface area contributed by atoms with E-state index >= 15 is 0 Å². The molecule has 0 aliphatic heterocycles. The molecule has 0 N–H and O–H groups in total. The van der Waals surface area contributed by atoms with Gasteiger partial charge in [0.1, 0.15) is 0 Å². The molecule has 0 saturated heterocycles. The highest BCUT2D eigenvalue weighted by atomic mass is 79.9. The molecule has 0 bridgehead atoms. The molecule has 0 radical (unpaired) electrons. The van der Waals surface area contributed by atoms with E-state index in [2.05, 4.69) is 45.4 Å². The van der Waals surface area contributed by atoms with E-state index in [9.17, 15) is 0 Å². The van der Waals surface area contributed by atoms with Crippen LogP contribution in [0.2, 0.25) is 5.02 Å². The fourth-order valence-corrected chi connectivity index (χ4v) is 3.40. The van der Waals surface area contributed by atoms with Gasteiger partial charge in [-0.05, 0) is 40.7 Å². The minimum atomic E-state index is 0.840. The number of rotatable bonds is 4. The maximum absolute atomic E-state index is 6.14. The van der Waals surface area contributed by atoms with Gasteiger partial charge in [0.25, 0.3) is 0 Å². The Kier molecular flexibility index (Phi) is 4.62. The van der Waals surface area contributed by atoms with E-state index in [4.69, 9.17) is 11.6 Å². The van der Waals surface area contributed by atoms with Crippen molar-refractivity contribution in [3.8, 4) is 0 Å². The van der Waals surface area contributed by atoms with Gasteiger partial charge in [0.15, 0.2) is 0 Å². The normalized spacial score (nSPS) is 11.1. The van der Waals surface area contributed by atoms with Crippen LogP contribution < -0.4 is 0 Å². The molecule has 90 valence electrons. The summed E-state index contributed by atoms with van der Waals surface area (Å²) < 4.78 is 1.16. The molecular formula is C13H13BrClNS. The van der Waals surface area contributed by atoms with Crippen molar-refractivity contribution in [3.63, 3.8) is 0 Å². The van der Waals surface area contributed by atoms with Gasteiger partial charge < -0.3 is 0 Å². The number of hydrogen-bond donors (Lipinski definition) is 0. The van der Waals surface area contributed by atoms with Crippen LogP contribution in [0.25, 0.3) is 0 Å². The molecule has 0 unspecified atom stereocenters. The van der Waals surface area contributed by atoms with E-state index in [1.54, 1.807) is 11.3 Å². The Morgan fingerprint density at radius 1 is 1.29 bits per heavy atom. The molecular weight excluding hydrogens is 318 g/mol. The van der Waals surface area contributed by atoms with Gasteiger partial charge in [-0.1, -0.05) is 29.8 Å². The topological polar surface area (TPSA) is 3.24 Å². The number of nitrogens with zero attached hydrogens (tertiary/aromatic N) is 1. The summed E-state index contributed by atoms with van der Waals surface area (Å²) in [4.78, 5) is 3.62. The van der Waals surface area contributed by atoms with Gasteiger partial charge in [-0.3, -0.25) is 4.90 Å². The van der Waals surface area contributed by atoms with Crippen LogP contribution >= 0.6 is 38.9 Å². The van der Waals surface area contributed by atoms with E-state index in [-0.39, 0.29) is 0 Å². The first-order chi connectivity index (χ1) is 8.15. The van der Waals surface area contributed by atoms with Crippen LogP contribution in [0, 0.1) is 0 Å². The van der Waals surface area contributed by atoms with E-state index in [0.717, 1.165) is 22.6 Å². The lowest BCUT2D eigenvalue weighted by molar-refractivity contribution is 0.322. The summed E-state index contributed by atoms with van der Waals surface area (Å²) in [5.41, 5.74) is 1.17. The molecule has 0 saturated carbocycles. The van der Waals surface area contributed by atoms with Gasteiger partial charge in [0, 0.05) is 32.8 Å². The monoisotopic (exact) mass is 329 g/mol. The third-order valence-electron chi connectivity index (χ3n) is 2.45. The quantitative estimate of drug-likeness (QED) is 0.778. The first-order valence-corrected chi connectivity index (χ1v) is 7.35. The molecule has 0 atom stereocenters. The molecule has 0 fully saturated rings. The summed E-state index contributed by atoms with van der Waals surface area (Å²) in [5.74, 6) is 0. The van der Waals surface area contributed by atoms with Crippen molar-refractivity contribution in [1.29, 1.82) is 0 Å². The predicted octanol–water partition coefficient (Wildman–Crippen LogP) is 4.80. The van der Waals surface area contributed by atoms with Gasteiger partial charge in [0.05, 0.1) is 0 Å². The third-order valence-corrected chi connectivity index (χ3v) is 4.50. The van der Waals surface area contributed by atoms with Gasteiger partial charge in [0.2, 0.25) is 0 Å². The molecule has 2 rings (SSSR count). The smallest absolute Gasteiger partial charge is 0.0451 e. The van der Waals surface area contributed by atoms with Crippen LogP contribution in [0.5, 0.6) is 0 Å². The number of halogens is 2. The van der Waals surface area contributed by atoms with Crippen LogP contribution in [0.3, 0.4) is 0 Å². The standard InChI is InChI=1S/C13H13BrClNS/c1-16(8-12-6-11(14)9-17-12)7-10-4-2-3-5-13(10)15/h2-6,9H,7-8H2,1H3. The van der Waals surface area contributed by atoms with Gasteiger partial charge in [-0.15, -0.1) is 11.3 Å². The first kappa shape index (κ1) is 13.1. The number of benzene rings is 1. The molecule has 17 heavy (non-hydrogen) atoms. The largest absolute Gasteiger partial charge is 0.297 e. The highest BCUT2D eigenvalue weighted by Gasteiger charge is 2.06. The Hall–Kier alpha value is -0.350. The zero-order valence-corrected chi connectivity index (χ0v) is 12.6. The number of hydrogen-bond acceptors (Lipinski definition) is 2. The second-order valence-electron chi connectivity index (χ2n) is 3.99. The van der Waals surface area contributed by atoms with Gasteiger partial charge in [-0.25, -0.2) is 0 Å². The van der Waals surface area contributed by atoms with E-state index < -0.39 is 0 Å². The maximum atomic E-state index is 6.14. The van der Waals surface area contributed by atoms with Crippen molar-refractivity contribution in [3.05, 3.63) is 55.6 Å². The van der Waals surface area contributed by atoms with Crippen molar-refractivity contribution in [2.45, 2.75) is 13.1 Å². The van der Waals surface area contributed by atoms with Crippen LogP contribution in [0.15, 0.2) is 40.2 Å². The highest BCUT2D eigenvalue weighted by Crippen LogP contribution is 2.22. The van der Waals surface area contributed by atoms with Crippen LogP contribution in [-0.2, 0) is 13.1 Å². The van der Waals surface area contributed by atoms with E-state index in [0.29, 0.717) is 0 Å². The predicted molar refractivity (Wildman–Crippen MR) is 78.6 cm³/mol. The van der Waals surface area contributed by atoms with Crippen molar-refractivity contribution in [2.24, 2.45) is 0 Å². The Morgan fingerprint density at radius 3 is 2.71 bits per heavy atom. The second-order valence-corrected chi connectivity index (χ2v) is 6.31.